The average Bonchev–Trinajstić information content (AvgIpc) is 3.10. The van der Waals surface area contributed by atoms with Gasteiger partial charge in [0.1, 0.15) is 5.82 Å². The van der Waals surface area contributed by atoms with Crippen LogP contribution in [0.1, 0.15) is 0 Å². The molecule has 2 N–H and O–H groups in total. The van der Waals surface area contributed by atoms with Gasteiger partial charge in [-0.05, 0) is 54.6 Å². The monoisotopic (exact) mass is 445 g/mol. The Bertz CT molecular complexity index is 1460. The molecule has 1 heterocycles. The van der Waals surface area contributed by atoms with Gasteiger partial charge in [0.05, 0.1) is 21.0 Å². The lowest BCUT2D eigenvalue weighted by molar-refractivity contribution is 0.600. The third kappa shape index (κ3) is 3.91. The zero-order valence-electron chi connectivity index (χ0n) is 15.6. The standard InChI is InChI=1S/C20H16FN3O4S2/c1-29(25,26)16-8-6-15(7-9-16)24-30(27,28)17-4-2-3-13(11-17)20-18-10-5-14(21)12-19(18)22-23-20/h2-12,24H,1H3,(H,22,23). The van der Waals surface area contributed by atoms with E-state index in [2.05, 4.69) is 14.9 Å². The van der Waals surface area contributed by atoms with Gasteiger partial charge in [-0.2, -0.15) is 5.10 Å². The van der Waals surface area contributed by atoms with Gasteiger partial charge in [-0.1, -0.05) is 12.1 Å². The first-order valence-electron chi connectivity index (χ1n) is 8.70. The molecule has 0 aliphatic heterocycles. The van der Waals surface area contributed by atoms with Crippen LogP contribution in [0.15, 0.2) is 76.5 Å². The van der Waals surface area contributed by atoms with Gasteiger partial charge in [-0.15, -0.1) is 0 Å². The molecule has 4 rings (SSSR count). The second kappa shape index (κ2) is 7.22. The number of benzene rings is 3. The molecule has 10 heteroatoms. The fourth-order valence-electron chi connectivity index (χ4n) is 3.01. The first-order chi connectivity index (χ1) is 14.1. The molecule has 0 saturated heterocycles. The van der Waals surface area contributed by atoms with Crippen LogP contribution in [0.3, 0.4) is 0 Å². The van der Waals surface area contributed by atoms with E-state index in [1.807, 2.05) is 0 Å². The Morgan fingerprint density at radius 1 is 0.900 bits per heavy atom. The number of hydrogen-bond acceptors (Lipinski definition) is 5. The molecular weight excluding hydrogens is 429 g/mol. The zero-order chi connectivity index (χ0) is 21.5. The van der Waals surface area contributed by atoms with Crippen LogP contribution in [0.2, 0.25) is 0 Å². The Morgan fingerprint density at radius 2 is 1.63 bits per heavy atom. The highest BCUT2D eigenvalue weighted by Crippen LogP contribution is 2.29. The maximum Gasteiger partial charge on any atom is 0.261 e. The van der Waals surface area contributed by atoms with E-state index in [1.165, 1.54) is 48.5 Å². The van der Waals surface area contributed by atoms with Crippen LogP contribution < -0.4 is 4.72 Å². The van der Waals surface area contributed by atoms with E-state index in [-0.39, 0.29) is 15.5 Å². The number of sulfone groups is 1. The molecule has 0 aliphatic carbocycles. The quantitative estimate of drug-likeness (QED) is 0.488. The number of fused-ring (bicyclic) bond motifs is 1. The first kappa shape index (κ1) is 20.0. The molecule has 0 atom stereocenters. The van der Waals surface area contributed by atoms with Crippen molar-refractivity contribution >= 4 is 36.5 Å². The summed E-state index contributed by atoms with van der Waals surface area (Å²) < 4.78 is 64.5. The van der Waals surface area contributed by atoms with Crippen molar-refractivity contribution in [3.63, 3.8) is 0 Å². The Balaban J connectivity index is 1.67. The fourth-order valence-corrected chi connectivity index (χ4v) is 4.74. The Morgan fingerprint density at radius 3 is 2.33 bits per heavy atom. The molecule has 0 radical (unpaired) electrons. The van der Waals surface area contributed by atoms with Crippen LogP contribution in [0.4, 0.5) is 10.1 Å². The fraction of sp³-hybridized carbons (Fsp3) is 0.0500. The van der Waals surface area contributed by atoms with Gasteiger partial charge in [0.15, 0.2) is 9.84 Å². The van der Waals surface area contributed by atoms with Crippen molar-refractivity contribution in [1.29, 1.82) is 0 Å². The second-order valence-corrected chi connectivity index (χ2v) is 10.4. The molecule has 154 valence electrons. The minimum atomic E-state index is -3.93. The minimum Gasteiger partial charge on any atom is -0.280 e. The van der Waals surface area contributed by atoms with Crippen LogP contribution in [-0.2, 0) is 19.9 Å². The molecule has 0 unspecified atom stereocenters. The van der Waals surface area contributed by atoms with Gasteiger partial charge in [0.25, 0.3) is 10.0 Å². The number of nitrogens with one attached hydrogen (secondary N) is 2. The first-order valence-corrected chi connectivity index (χ1v) is 12.1. The smallest absolute Gasteiger partial charge is 0.261 e. The van der Waals surface area contributed by atoms with Gasteiger partial charge in [0.2, 0.25) is 0 Å². The highest BCUT2D eigenvalue weighted by molar-refractivity contribution is 7.92. The van der Waals surface area contributed by atoms with Crippen molar-refractivity contribution in [1.82, 2.24) is 10.2 Å². The molecule has 30 heavy (non-hydrogen) atoms. The number of halogens is 1. The maximum atomic E-state index is 13.4. The van der Waals surface area contributed by atoms with Crippen molar-refractivity contribution in [2.45, 2.75) is 9.79 Å². The predicted octanol–water partition coefficient (Wildman–Crippen LogP) is 3.57. The number of aromatic amines is 1. The topological polar surface area (TPSA) is 109 Å². The number of sulfonamides is 1. The highest BCUT2D eigenvalue weighted by Gasteiger charge is 2.17. The van der Waals surface area contributed by atoms with Crippen LogP contribution in [0.25, 0.3) is 22.2 Å². The summed E-state index contributed by atoms with van der Waals surface area (Å²) in [5.41, 5.74) is 1.78. The molecule has 0 amide bonds. The molecule has 4 aromatic rings. The largest absolute Gasteiger partial charge is 0.280 e. The van der Waals surface area contributed by atoms with Crippen molar-refractivity contribution in [3.05, 3.63) is 72.5 Å². The third-order valence-corrected chi connectivity index (χ3v) is 6.98. The lowest BCUT2D eigenvalue weighted by atomic mass is 10.1. The minimum absolute atomic E-state index is 0.00505. The molecule has 7 nitrogen and oxygen atoms in total. The Hall–Kier alpha value is -3.24. The summed E-state index contributed by atoms with van der Waals surface area (Å²) in [6.07, 6.45) is 1.07. The summed E-state index contributed by atoms with van der Waals surface area (Å²) in [5.74, 6) is -0.403. The molecule has 3 aromatic carbocycles. The number of H-pyrrole nitrogens is 1. The summed E-state index contributed by atoms with van der Waals surface area (Å²) in [7, 11) is -7.31. The molecule has 0 saturated carbocycles. The Labute approximate surface area is 172 Å². The maximum absolute atomic E-state index is 13.4. The van der Waals surface area contributed by atoms with Gasteiger partial charge in [-0.3, -0.25) is 9.82 Å². The van der Waals surface area contributed by atoms with E-state index in [0.29, 0.717) is 22.2 Å². The van der Waals surface area contributed by atoms with E-state index in [1.54, 1.807) is 18.2 Å². The van der Waals surface area contributed by atoms with Crippen LogP contribution in [0, 0.1) is 5.82 Å². The predicted molar refractivity (Wildman–Crippen MR) is 112 cm³/mol. The van der Waals surface area contributed by atoms with E-state index >= 15 is 0 Å². The Kier molecular flexibility index (Phi) is 4.83. The number of hydrogen-bond donors (Lipinski definition) is 2. The van der Waals surface area contributed by atoms with E-state index in [4.69, 9.17) is 0 Å². The normalized spacial score (nSPS) is 12.2. The molecular formula is C20H16FN3O4S2. The average molecular weight is 445 g/mol. The summed E-state index contributed by atoms with van der Waals surface area (Å²) in [4.78, 5) is 0.0970. The van der Waals surface area contributed by atoms with Gasteiger partial charge >= 0.3 is 0 Å². The van der Waals surface area contributed by atoms with Crippen LogP contribution in [-0.4, -0.2) is 33.3 Å². The summed E-state index contributed by atoms with van der Waals surface area (Å²) in [6.45, 7) is 0. The van der Waals surface area contributed by atoms with E-state index in [9.17, 15) is 21.2 Å². The van der Waals surface area contributed by atoms with Gasteiger partial charge in [0, 0.05) is 22.9 Å². The number of anilines is 1. The summed E-state index contributed by atoms with van der Waals surface area (Å²) in [6, 6.07) is 15.8. The molecule has 1 aromatic heterocycles. The molecule has 0 aliphatic rings. The van der Waals surface area contributed by atoms with Crippen molar-refractivity contribution in [3.8, 4) is 11.3 Å². The number of aromatic nitrogens is 2. The third-order valence-electron chi connectivity index (χ3n) is 4.48. The zero-order valence-corrected chi connectivity index (χ0v) is 17.3. The van der Waals surface area contributed by atoms with E-state index in [0.717, 1.165) is 6.26 Å². The lowest BCUT2D eigenvalue weighted by Gasteiger charge is -2.10. The summed E-state index contributed by atoms with van der Waals surface area (Å²) in [5, 5.41) is 7.58. The number of rotatable bonds is 5. The SMILES string of the molecule is CS(=O)(=O)c1ccc(NS(=O)(=O)c2cccc(-c3n[nH]c4cc(F)ccc34)c2)cc1. The van der Waals surface area contributed by atoms with Crippen molar-refractivity contribution < 1.29 is 21.2 Å². The van der Waals surface area contributed by atoms with Crippen molar-refractivity contribution in [2.75, 3.05) is 11.0 Å². The van der Waals surface area contributed by atoms with Crippen LogP contribution >= 0.6 is 0 Å². The molecule has 0 bridgehead atoms. The van der Waals surface area contributed by atoms with Gasteiger partial charge in [-0.25, -0.2) is 21.2 Å². The highest BCUT2D eigenvalue weighted by atomic mass is 32.2. The van der Waals surface area contributed by atoms with Crippen molar-refractivity contribution in [2.24, 2.45) is 0 Å². The molecule has 0 fully saturated rings. The van der Waals surface area contributed by atoms with Crippen LogP contribution in [0.5, 0.6) is 0 Å². The second-order valence-electron chi connectivity index (χ2n) is 6.69. The van der Waals surface area contributed by atoms with Gasteiger partial charge < -0.3 is 0 Å². The van der Waals surface area contributed by atoms with E-state index < -0.39 is 25.7 Å². The molecule has 0 spiro atoms. The lowest BCUT2D eigenvalue weighted by Crippen LogP contribution is -2.13. The summed E-state index contributed by atoms with van der Waals surface area (Å²) >= 11 is 0. The number of nitrogens with zero attached hydrogens (tertiary/aromatic N) is 1.